The Morgan fingerprint density at radius 2 is 1.50 bits per heavy atom. The number of rotatable bonds is 6. The highest BCUT2D eigenvalue weighted by molar-refractivity contribution is 5.79. The zero-order valence-electron chi connectivity index (χ0n) is 15.2. The predicted molar refractivity (Wildman–Crippen MR) is 102 cm³/mol. The summed E-state index contributed by atoms with van der Waals surface area (Å²) < 4.78 is 0. The molecule has 1 aliphatic rings. The van der Waals surface area contributed by atoms with Gasteiger partial charge >= 0.3 is 0 Å². The average molecular weight is 384 g/mol. The first-order chi connectivity index (χ1) is 13.4. The molecule has 146 valence electrons. The molecule has 0 radical (unpaired) electrons. The second-order valence-electron chi connectivity index (χ2n) is 6.68. The van der Waals surface area contributed by atoms with Crippen molar-refractivity contribution in [2.75, 3.05) is 26.2 Å². The molecule has 0 N–H and O–H groups in total. The third kappa shape index (κ3) is 4.89. The van der Waals surface area contributed by atoms with Gasteiger partial charge in [0, 0.05) is 57.0 Å². The smallest absolute Gasteiger partial charge is 0.269 e. The minimum Gasteiger partial charge on any atom is -0.340 e. The molecule has 1 heterocycles. The molecule has 2 aromatic rings. The fourth-order valence-corrected chi connectivity index (χ4v) is 3.20. The fraction of sp³-hybridized carbons (Fsp3) is 0.316. The van der Waals surface area contributed by atoms with Gasteiger partial charge in [-0.25, -0.2) is 0 Å². The van der Waals surface area contributed by atoms with Crippen molar-refractivity contribution in [3.8, 4) is 0 Å². The molecule has 0 bridgehead atoms. The Morgan fingerprint density at radius 3 is 2.11 bits per heavy atom. The summed E-state index contributed by atoms with van der Waals surface area (Å²) in [6, 6.07) is 12.6. The summed E-state index contributed by atoms with van der Waals surface area (Å²) in [5.74, 6) is -0.0103. The number of piperazine rings is 1. The van der Waals surface area contributed by atoms with Gasteiger partial charge in [0.1, 0.15) is 0 Å². The number of nitro groups is 2. The second kappa shape index (κ2) is 8.57. The van der Waals surface area contributed by atoms with E-state index in [0.717, 1.165) is 11.1 Å². The number of benzene rings is 2. The van der Waals surface area contributed by atoms with Crippen molar-refractivity contribution in [1.29, 1.82) is 0 Å². The molecule has 2 aromatic carbocycles. The third-order valence-corrected chi connectivity index (χ3v) is 4.76. The van der Waals surface area contributed by atoms with Gasteiger partial charge in [-0.15, -0.1) is 0 Å². The highest BCUT2D eigenvalue weighted by atomic mass is 16.6. The van der Waals surface area contributed by atoms with Crippen LogP contribution in [0.3, 0.4) is 0 Å². The standard InChI is InChI=1S/C19H20N4O5/c24-19(13-15-4-6-17(7-5-15)22(25)26)21-10-8-20(9-11-21)14-16-2-1-3-18(12-16)23(27)28/h1-7,12H,8-11,13-14H2. The zero-order chi connectivity index (χ0) is 20.1. The van der Waals surface area contributed by atoms with E-state index in [4.69, 9.17) is 0 Å². The first kappa shape index (κ1) is 19.4. The summed E-state index contributed by atoms with van der Waals surface area (Å²) >= 11 is 0. The minimum absolute atomic E-state index is 0.00552. The highest BCUT2D eigenvalue weighted by Gasteiger charge is 2.21. The molecule has 0 atom stereocenters. The van der Waals surface area contributed by atoms with E-state index in [1.165, 1.54) is 18.2 Å². The Labute approximate surface area is 161 Å². The van der Waals surface area contributed by atoms with E-state index in [9.17, 15) is 25.0 Å². The lowest BCUT2D eigenvalue weighted by Gasteiger charge is -2.34. The Bertz CT molecular complexity index is 876. The monoisotopic (exact) mass is 384 g/mol. The molecule has 1 saturated heterocycles. The number of hydrogen-bond donors (Lipinski definition) is 0. The molecule has 0 aromatic heterocycles. The van der Waals surface area contributed by atoms with Crippen LogP contribution in [0.2, 0.25) is 0 Å². The predicted octanol–water partition coefficient (Wildman–Crippen LogP) is 2.39. The molecular weight excluding hydrogens is 364 g/mol. The lowest BCUT2D eigenvalue weighted by atomic mass is 10.1. The molecule has 1 amide bonds. The molecule has 9 nitrogen and oxygen atoms in total. The van der Waals surface area contributed by atoms with Gasteiger partial charge in [0.15, 0.2) is 0 Å². The third-order valence-electron chi connectivity index (χ3n) is 4.76. The van der Waals surface area contributed by atoms with Crippen molar-refractivity contribution in [1.82, 2.24) is 9.80 Å². The number of amides is 1. The van der Waals surface area contributed by atoms with Gasteiger partial charge < -0.3 is 4.90 Å². The SMILES string of the molecule is O=C(Cc1ccc([N+](=O)[O-])cc1)N1CCN(Cc2cccc([N+](=O)[O-])c2)CC1. The average Bonchev–Trinajstić information content (AvgIpc) is 2.69. The van der Waals surface area contributed by atoms with Gasteiger partial charge in [-0.1, -0.05) is 24.3 Å². The number of nitro benzene ring substituents is 2. The van der Waals surface area contributed by atoms with Crippen molar-refractivity contribution >= 4 is 17.3 Å². The molecule has 0 unspecified atom stereocenters. The molecule has 0 spiro atoms. The summed E-state index contributed by atoms with van der Waals surface area (Å²) in [6.45, 7) is 3.15. The number of hydrogen-bond acceptors (Lipinski definition) is 6. The van der Waals surface area contributed by atoms with Gasteiger partial charge in [0.05, 0.1) is 16.3 Å². The first-order valence-corrected chi connectivity index (χ1v) is 8.89. The van der Waals surface area contributed by atoms with Crippen LogP contribution >= 0.6 is 0 Å². The van der Waals surface area contributed by atoms with Crippen molar-refractivity contribution in [3.63, 3.8) is 0 Å². The quantitative estimate of drug-likeness (QED) is 0.559. The maximum Gasteiger partial charge on any atom is 0.269 e. The summed E-state index contributed by atoms with van der Waals surface area (Å²) in [4.78, 5) is 37.1. The molecule has 1 fully saturated rings. The number of nitrogens with zero attached hydrogens (tertiary/aromatic N) is 4. The van der Waals surface area contributed by atoms with E-state index in [2.05, 4.69) is 4.90 Å². The van der Waals surface area contributed by atoms with Gasteiger partial charge in [0.2, 0.25) is 5.91 Å². The van der Waals surface area contributed by atoms with E-state index >= 15 is 0 Å². The zero-order valence-corrected chi connectivity index (χ0v) is 15.2. The van der Waals surface area contributed by atoms with Crippen LogP contribution in [0.15, 0.2) is 48.5 Å². The maximum atomic E-state index is 12.5. The Morgan fingerprint density at radius 1 is 0.857 bits per heavy atom. The number of carbonyl (C=O) groups is 1. The second-order valence-corrected chi connectivity index (χ2v) is 6.68. The normalized spacial score (nSPS) is 14.6. The van der Waals surface area contributed by atoms with E-state index in [1.807, 2.05) is 6.07 Å². The van der Waals surface area contributed by atoms with Gasteiger partial charge in [-0.2, -0.15) is 0 Å². The van der Waals surface area contributed by atoms with Crippen molar-refractivity contribution in [3.05, 3.63) is 79.9 Å². The molecule has 28 heavy (non-hydrogen) atoms. The van der Waals surface area contributed by atoms with E-state index < -0.39 is 9.85 Å². The van der Waals surface area contributed by atoms with E-state index in [1.54, 1.807) is 29.2 Å². The summed E-state index contributed by atoms with van der Waals surface area (Å²) in [5.41, 5.74) is 1.70. The Balaban J connectivity index is 1.50. The van der Waals surface area contributed by atoms with Gasteiger partial charge in [0.25, 0.3) is 11.4 Å². The first-order valence-electron chi connectivity index (χ1n) is 8.89. The topological polar surface area (TPSA) is 110 Å². The minimum atomic E-state index is -0.466. The van der Waals surface area contributed by atoms with E-state index in [0.29, 0.717) is 32.7 Å². The summed E-state index contributed by atoms with van der Waals surface area (Å²) in [6.07, 6.45) is 0.211. The van der Waals surface area contributed by atoms with Crippen molar-refractivity contribution in [2.45, 2.75) is 13.0 Å². The van der Waals surface area contributed by atoms with Crippen LogP contribution in [-0.4, -0.2) is 51.7 Å². The fourth-order valence-electron chi connectivity index (χ4n) is 3.20. The van der Waals surface area contributed by atoms with Crippen molar-refractivity contribution < 1.29 is 14.6 Å². The van der Waals surface area contributed by atoms with Crippen LogP contribution < -0.4 is 0 Å². The molecule has 0 aliphatic carbocycles. The van der Waals surface area contributed by atoms with Crippen LogP contribution in [-0.2, 0) is 17.8 Å². The Hall–Kier alpha value is -3.33. The largest absolute Gasteiger partial charge is 0.340 e. The molecule has 0 saturated carbocycles. The number of carbonyl (C=O) groups excluding carboxylic acids is 1. The summed E-state index contributed by atoms with van der Waals surface area (Å²) in [5, 5.41) is 21.6. The van der Waals surface area contributed by atoms with Crippen LogP contribution in [0, 0.1) is 20.2 Å². The Kier molecular flexibility index (Phi) is 5.95. The molecule has 3 rings (SSSR count). The van der Waals surface area contributed by atoms with Gasteiger partial charge in [-0.05, 0) is 11.1 Å². The maximum absolute atomic E-state index is 12.5. The van der Waals surface area contributed by atoms with Crippen molar-refractivity contribution in [2.24, 2.45) is 0 Å². The van der Waals surface area contributed by atoms with Crippen LogP contribution in [0.4, 0.5) is 11.4 Å². The molecular formula is C19H20N4O5. The lowest BCUT2D eigenvalue weighted by Crippen LogP contribution is -2.48. The van der Waals surface area contributed by atoms with Crippen LogP contribution in [0.25, 0.3) is 0 Å². The van der Waals surface area contributed by atoms with E-state index in [-0.39, 0.29) is 23.7 Å². The highest BCUT2D eigenvalue weighted by Crippen LogP contribution is 2.17. The summed E-state index contributed by atoms with van der Waals surface area (Å²) in [7, 11) is 0. The van der Waals surface area contributed by atoms with Crippen LogP contribution in [0.1, 0.15) is 11.1 Å². The van der Waals surface area contributed by atoms with Gasteiger partial charge in [-0.3, -0.25) is 29.9 Å². The lowest BCUT2D eigenvalue weighted by molar-refractivity contribution is -0.385. The van der Waals surface area contributed by atoms with Crippen LogP contribution in [0.5, 0.6) is 0 Å². The number of non-ortho nitro benzene ring substituents is 2. The molecule has 9 heteroatoms. The molecule has 1 aliphatic heterocycles.